The molecule has 0 bridgehead atoms. The van der Waals surface area contributed by atoms with Gasteiger partial charge < -0.3 is 9.84 Å². The lowest BCUT2D eigenvalue weighted by Crippen LogP contribution is -2.29. The molecular weight excluding hydrogens is 264 g/mol. The van der Waals surface area contributed by atoms with E-state index in [4.69, 9.17) is 4.74 Å². The van der Waals surface area contributed by atoms with Crippen LogP contribution in [-0.2, 0) is 9.53 Å². The first-order valence-electron chi connectivity index (χ1n) is 8.53. The summed E-state index contributed by atoms with van der Waals surface area (Å²) in [5.74, 6) is -0.406. The maximum Gasteiger partial charge on any atom is 0.333 e. The van der Waals surface area contributed by atoms with Gasteiger partial charge in [-0.3, -0.25) is 0 Å². The summed E-state index contributed by atoms with van der Waals surface area (Å²) in [7, 11) is 0. The summed E-state index contributed by atoms with van der Waals surface area (Å²) in [4.78, 5) is 11.5. The van der Waals surface area contributed by atoms with Gasteiger partial charge in [-0.15, -0.1) is 0 Å². The first-order valence-corrected chi connectivity index (χ1v) is 8.53. The lowest BCUT2D eigenvalue weighted by molar-refractivity contribution is -0.150. The first kappa shape index (κ1) is 20.2. The summed E-state index contributed by atoms with van der Waals surface area (Å²) in [5, 5.41) is 9.66. The average molecular weight is 298 g/mol. The van der Waals surface area contributed by atoms with Crippen LogP contribution in [0.1, 0.15) is 85.0 Å². The maximum absolute atomic E-state index is 11.5. The van der Waals surface area contributed by atoms with Crippen molar-refractivity contribution in [3.8, 4) is 0 Å². The Labute approximate surface area is 130 Å². The van der Waals surface area contributed by atoms with Gasteiger partial charge in [0.25, 0.3) is 0 Å². The normalized spacial score (nSPS) is 13.7. The Balaban J connectivity index is 3.66. The van der Waals surface area contributed by atoms with Gasteiger partial charge in [0.1, 0.15) is 6.10 Å². The third-order valence-electron chi connectivity index (χ3n) is 3.74. The molecule has 0 radical (unpaired) electrons. The van der Waals surface area contributed by atoms with Crippen LogP contribution in [-0.4, -0.2) is 23.3 Å². The number of aliphatic hydroxyl groups excluding tert-OH is 1. The van der Waals surface area contributed by atoms with E-state index in [1.807, 2.05) is 0 Å². The summed E-state index contributed by atoms with van der Waals surface area (Å²) in [6, 6.07) is 0. The second-order valence-corrected chi connectivity index (χ2v) is 6.08. The number of hydrogen-bond donors (Lipinski definition) is 1. The highest BCUT2D eigenvalue weighted by atomic mass is 16.6. The molecular formula is C18H34O3. The van der Waals surface area contributed by atoms with Crippen molar-refractivity contribution in [3.05, 3.63) is 12.2 Å². The minimum atomic E-state index is -0.623. The lowest BCUT2D eigenvalue weighted by Gasteiger charge is -2.20. The van der Waals surface area contributed by atoms with Crippen molar-refractivity contribution in [2.24, 2.45) is 0 Å². The topological polar surface area (TPSA) is 46.5 Å². The average Bonchev–Trinajstić information content (AvgIpc) is 2.43. The van der Waals surface area contributed by atoms with Crippen LogP contribution in [0.25, 0.3) is 0 Å². The van der Waals surface area contributed by atoms with Crippen LogP contribution in [0.15, 0.2) is 12.2 Å². The van der Waals surface area contributed by atoms with Crippen molar-refractivity contribution in [2.45, 2.75) is 97.2 Å². The van der Waals surface area contributed by atoms with Crippen LogP contribution in [0.2, 0.25) is 0 Å². The molecule has 0 spiro atoms. The molecule has 0 saturated carbocycles. The fourth-order valence-corrected chi connectivity index (χ4v) is 2.29. The summed E-state index contributed by atoms with van der Waals surface area (Å²) in [6.07, 6.45) is 11.0. The molecule has 0 heterocycles. The van der Waals surface area contributed by atoms with Crippen molar-refractivity contribution in [1.82, 2.24) is 0 Å². The van der Waals surface area contributed by atoms with Crippen LogP contribution in [0.5, 0.6) is 0 Å². The predicted molar refractivity (Wildman–Crippen MR) is 88.2 cm³/mol. The van der Waals surface area contributed by atoms with Gasteiger partial charge in [0, 0.05) is 5.57 Å². The molecule has 1 N–H and O–H groups in total. The van der Waals surface area contributed by atoms with Crippen LogP contribution >= 0.6 is 0 Å². The number of ether oxygens (including phenoxy) is 1. The Hall–Kier alpha value is -0.830. The molecule has 2 atom stereocenters. The number of carbonyl (C=O) groups is 1. The highest BCUT2D eigenvalue weighted by molar-refractivity contribution is 5.87. The van der Waals surface area contributed by atoms with Gasteiger partial charge >= 0.3 is 5.97 Å². The minimum Gasteiger partial charge on any atom is -0.456 e. The zero-order valence-electron chi connectivity index (χ0n) is 14.2. The maximum atomic E-state index is 11.5. The van der Waals surface area contributed by atoms with Crippen LogP contribution in [0.3, 0.4) is 0 Å². The minimum absolute atomic E-state index is 0.382. The van der Waals surface area contributed by atoms with Crippen molar-refractivity contribution >= 4 is 5.97 Å². The largest absolute Gasteiger partial charge is 0.456 e. The summed E-state index contributed by atoms with van der Waals surface area (Å²) in [5.41, 5.74) is 0.382. The zero-order chi connectivity index (χ0) is 16.1. The van der Waals surface area contributed by atoms with Gasteiger partial charge in [-0.2, -0.15) is 0 Å². The van der Waals surface area contributed by atoms with Crippen LogP contribution < -0.4 is 0 Å². The SMILES string of the molecule is C=C(C)C(=O)OC(CCCCCCCCCCC)C(C)O. The van der Waals surface area contributed by atoms with Gasteiger partial charge in [0.05, 0.1) is 6.10 Å². The molecule has 124 valence electrons. The van der Waals surface area contributed by atoms with E-state index in [2.05, 4.69) is 13.5 Å². The molecule has 0 aliphatic heterocycles. The highest BCUT2D eigenvalue weighted by Crippen LogP contribution is 2.15. The molecule has 0 aromatic rings. The third-order valence-corrected chi connectivity index (χ3v) is 3.74. The van der Waals surface area contributed by atoms with Gasteiger partial charge in [-0.25, -0.2) is 4.79 Å². The number of esters is 1. The molecule has 0 aromatic carbocycles. The van der Waals surface area contributed by atoms with Crippen molar-refractivity contribution in [3.63, 3.8) is 0 Å². The fourth-order valence-electron chi connectivity index (χ4n) is 2.29. The van der Waals surface area contributed by atoms with E-state index in [0.29, 0.717) is 5.57 Å². The Morgan fingerprint density at radius 1 is 1.05 bits per heavy atom. The summed E-state index contributed by atoms with van der Waals surface area (Å²) >= 11 is 0. The molecule has 3 nitrogen and oxygen atoms in total. The smallest absolute Gasteiger partial charge is 0.333 e. The van der Waals surface area contributed by atoms with E-state index in [1.54, 1.807) is 13.8 Å². The Kier molecular flexibility index (Phi) is 12.4. The summed E-state index contributed by atoms with van der Waals surface area (Å²) < 4.78 is 5.26. The van der Waals surface area contributed by atoms with Crippen molar-refractivity contribution in [2.75, 3.05) is 0 Å². The Morgan fingerprint density at radius 3 is 1.95 bits per heavy atom. The molecule has 0 aliphatic rings. The van der Waals surface area contributed by atoms with Gasteiger partial charge in [0.15, 0.2) is 0 Å². The second kappa shape index (κ2) is 12.9. The number of hydrogen-bond acceptors (Lipinski definition) is 3. The van der Waals surface area contributed by atoms with E-state index in [-0.39, 0.29) is 0 Å². The Morgan fingerprint density at radius 2 is 1.52 bits per heavy atom. The molecule has 0 fully saturated rings. The number of carbonyl (C=O) groups excluding carboxylic acids is 1. The van der Waals surface area contributed by atoms with E-state index in [0.717, 1.165) is 19.3 Å². The lowest BCUT2D eigenvalue weighted by atomic mass is 10.0. The molecule has 0 rings (SSSR count). The quantitative estimate of drug-likeness (QED) is 0.302. The van der Waals surface area contributed by atoms with Crippen molar-refractivity contribution in [1.29, 1.82) is 0 Å². The molecule has 3 heteroatoms. The van der Waals surface area contributed by atoms with E-state index < -0.39 is 18.2 Å². The van der Waals surface area contributed by atoms with Gasteiger partial charge in [-0.1, -0.05) is 64.9 Å². The fraction of sp³-hybridized carbons (Fsp3) is 0.833. The molecule has 2 unspecified atom stereocenters. The second-order valence-electron chi connectivity index (χ2n) is 6.08. The predicted octanol–water partition coefficient (Wildman–Crippen LogP) is 4.78. The van der Waals surface area contributed by atoms with E-state index in [1.165, 1.54) is 44.9 Å². The van der Waals surface area contributed by atoms with Crippen molar-refractivity contribution < 1.29 is 14.6 Å². The van der Waals surface area contributed by atoms with E-state index in [9.17, 15) is 9.90 Å². The first-order chi connectivity index (χ1) is 9.99. The van der Waals surface area contributed by atoms with E-state index >= 15 is 0 Å². The summed E-state index contributed by atoms with van der Waals surface area (Å²) in [6.45, 7) is 9.09. The standard InChI is InChI=1S/C18H34O3/c1-5-6-7-8-9-10-11-12-13-14-17(16(4)19)21-18(20)15(2)3/h16-17,19H,2,5-14H2,1,3-4H3. The monoisotopic (exact) mass is 298 g/mol. The third kappa shape index (κ3) is 11.5. The number of unbranched alkanes of at least 4 members (excludes halogenated alkanes) is 8. The Bertz CT molecular complexity index is 284. The molecule has 0 saturated heterocycles. The van der Waals surface area contributed by atoms with Crippen LogP contribution in [0.4, 0.5) is 0 Å². The molecule has 21 heavy (non-hydrogen) atoms. The molecule has 0 amide bonds. The molecule has 0 aliphatic carbocycles. The van der Waals surface area contributed by atoms with Gasteiger partial charge in [-0.05, 0) is 26.7 Å². The number of rotatable bonds is 13. The number of aliphatic hydroxyl groups is 1. The molecule has 0 aromatic heterocycles. The van der Waals surface area contributed by atoms with Gasteiger partial charge in [0.2, 0.25) is 0 Å². The van der Waals surface area contributed by atoms with Crippen LogP contribution in [0, 0.1) is 0 Å². The zero-order valence-corrected chi connectivity index (χ0v) is 14.2. The highest BCUT2D eigenvalue weighted by Gasteiger charge is 2.19.